The first-order valence-corrected chi connectivity index (χ1v) is 12.2. The van der Waals surface area contributed by atoms with Crippen LogP contribution in [-0.2, 0) is 16.1 Å². The second-order valence-corrected chi connectivity index (χ2v) is 8.88. The standard InChI is InChI=1S/C27H28N6O4/c1-36-33(17-19-10-15-37-16-11-19)27(35)25-24(7-4-12-28-25)30-26(34)23-9-8-20(18-32-14-13-29-31-32)21-5-2-3-6-22(21)23/h2-9,12-14,19H,10-11,15-18H2,1H3,(H,30,34). The lowest BCUT2D eigenvalue weighted by Gasteiger charge is -2.28. The number of nitrogens with one attached hydrogen (secondary N) is 1. The SMILES string of the molecule is CON(CC1CCOCC1)C(=O)c1ncccc1NC(=O)c1ccc(Cn2ccnn2)c2ccccc12. The molecule has 4 aromatic rings. The molecule has 10 heteroatoms. The summed E-state index contributed by atoms with van der Waals surface area (Å²) in [7, 11) is 1.46. The average molecular weight is 501 g/mol. The van der Waals surface area contributed by atoms with Crippen molar-refractivity contribution in [1.82, 2.24) is 25.0 Å². The van der Waals surface area contributed by atoms with Crippen molar-refractivity contribution >= 4 is 28.3 Å². The van der Waals surface area contributed by atoms with Crippen LogP contribution in [0.25, 0.3) is 10.8 Å². The van der Waals surface area contributed by atoms with Crippen LogP contribution >= 0.6 is 0 Å². The van der Waals surface area contributed by atoms with Crippen molar-refractivity contribution in [3.63, 3.8) is 0 Å². The molecule has 3 heterocycles. The predicted octanol–water partition coefficient (Wildman–Crippen LogP) is 3.56. The molecule has 0 spiro atoms. The van der Waals surface area contributed by atoms with Gasteiger partial charge in [-0.15, -0.1) is 5.10 Å². The first-order valence-electron chi connectivity index (χ1n) is 12.2. The maximum Gasteiger partial charge on any atom is 0.298 e. The molecule has 2 aromatic heterocycles. The minimum absolute atomic E-state index is 0.122. The number of anilines is 1. The van der Waals surface area contributed by atoms with E-state index < -0.39 is 5.91 Å². The molecular weight excluding hydrogens is 472 g/mol. The summed E-state index contributed by atoms with van der Waals surface area (Å²) < 4.78 is 7.15. The summed E-state index contributed by atoms with van der Waals surface area (Å²) in [6.07, 6.45) is 6.67. The zero-order chi connectivity index (χ0) is 25.6. The number of fused-ring (bicyclic) bond motifs is 1. The number of carbonyl (C=O) groups excluding carboxylic acids is 2. The minimum Gasteiger partial charge on any atom is -0.381 e. The second kappa shape index (κ2) is 11.3. The molecule has 1 saturated heterocycles. The number of amides is 2. The van der Waals surface area contributed by atoms with Gasteiger partial charge in [-0.3, -0.25) is 14.4 Å². The maximum atomic E-state index is 13.5. The quantitative estimate of drug-likeness (QED) is 0.368. The molecule has 1 fully saturated rings. The Morgan fingerprint density at radius 3 is 2.65 bits per heavy atom. The van der Waals surface area contributed by atoms with Crippen molar-refractivity contribution in [1.29, 1.82) is 0 Å². The van der Waals surface area contributed by atoms with Crippen LogP contribution in [0.3, 0.4) is 0 Å². The Balaban J connectivity index is 1.39. The van der Waals surface area contributed by atoms with E-state index in [1.54, 1.807) is 35.3 Å². The van der Waals surface area contributed by atoms with Gasteiger partial charge in [0.25, 0.3) is 11.8 Å². The van der Waals surface area contributed by atoms with Crippen molar-refractivity contribution in [2.45, 2.75) is 19.4 Å². The van der Waals surface area contributed by atoms with Gasteiger partial charge in [-0.05, 0) is 53.3 Å². The summed E-state index contributed by atoms with van der Waals surface area (Å²) in [6.45, 7) is 2.31. The van der Waals surface area contributed by atoms with Gasteiger partial charge in [-0.2, -0.15) is 0 Å². The normalized spacial score (nSPS) is 14.0. The van der Waals surface area contributed by atoms with Crippen LogP contribution in [0.4, 0.5) is 5.69 Å². The van der Waals surface area contributed by atoms with Gasteiger partial charge in [-0.1, -0.05) is 35.5 Å². The number of pyridine rings is 1. The molecule has 2 aromatic carbocycles. The summed E-state index contributed by atoms with van der Waals surface area (Å²) in [5, 5.41) is 13.8. The third-order valence-corrected chi connectivity index (χ3v) is 6.53. The summed E-state index contributed by atoms with van der Waals surface area (Å²) in [5.41, 5.74) is 1.95. The Labute approximate surface area is 214 Å². The molecule has 0 radical (unpaired) electrons. The van der Waals surface area contributed by atoms with Gasteiger partial charge in [0.1, 0.15) is 0 Å². The van der Waals surface area contributed by atoms with Crippen molar-refractivity contribution in [2.24, 2.45) is 5.92 Å². The highest BCUT2D eigenvalue weighted by molar-refractivity contribution is 6.15. The van der Waals surface area contributed by atoms with Gasteiger partial charge in [0.2, 0.25) is 0 Å². The van der Waals surface area contributed by atoms with Crippen LogP contribution in [0.1, 0.15) is 39.3 Å². The summed E-state index contributed by atoms with van der Waals surface area (Å²) in [6, 6.07) is 14.8. The molecule has 190 valence electrons. The fraction of sp³-hybridized carbons (Fsp3) is 0.296. The fourth-order valence-electron chi connectivity index (χ4n) is 4.58. The maximum absolute atomic E-state index is 13.5. The third-order valence-electron chi connectivity index (χ3n) is 6.53. The van der Waals surface area contributed by atoms with Gasteiger partial charge in [0.15, 0.2) is 5.69 Å². The topological polar surface area (TPSA) is 111 Å². The number of carbonyl (C=O) groups is 2. The summed E-state index contributed by atoms with van der Waals surface area (Å²) in [4.78, 5) is 36.5. The van der Waals surface area contributed by atoms with Crippen LogP contribution in [-0.4, -0.2) is 63.7 Å². The first kappa shape index (κ1) is 24.5. The van der Waals surface area contributed by atoms with E-state index in [9.17, 15) is 9.59 Å². The summed E-state index contributed by atoms with van der Waals surface area (Å²) in [5.74, 6) is -0.460. The highest BCUT2D eigenvalue weighted by Crippen LogP contribution is 2.26. The highest BCUT2D eigenvalue weighted by atomic mass is 16.7. The van der Waals surface area contributed by atoms with E-state index in [1.165, 1.54) is 18.4 Å². The Hall–Kier alpha value is -4.15. The van der Waals surface area contributed by atoms with E-state index in [2.05, 4.69) is 20.6 Å². The van der Waals surface area contributed by atoms with Crippen LogP contribution in [0, 0.1) is 5.92 Å². The van der Waals surface area contributed by atoms with Crippen molar-refractivity contribution in [3.05, 3.63) is 83.9 Å². The molecule has 0 atom stereocenters. The number of benzene rings is 2. The molecule has 1 aliphatic heterocycles. The smallest absolute Gasteiger partial charge is 0.298 e. The van der Waals surface area contributed by atoms with E-state index in [-0.39, 0.29) is 17.5 Å². The predicted molar refractivity (Wildman–Crippen MR) is 137 cm³/mol. The van der Waals surface area contributed by atoms with Crippen molar-refractivity contribution in [3.8, 4) is 0 Å². The minimum atomic E-state index is -0.405. The molecule has 0 unspecified atom stereocenters. The number of rotatable bonds is 8. The fourth-order valence-corrected chi connectivity index (χ4v) is 4.58. The van der Waals surface area contributed by atoms with Gasteiger partial charge in [0, 0.05) is 31.2 Å². The molecule has 5 rings (SSSR count). The monoisotopic (exact) mass is 500 g/mol. The second-order valence-electron chi connectivity index (χ2n) is 8.88. The zero-order valence-electron chi connectivity index (χ0n) is 20.5. The number of nitrogens with zero attached hydrogens (tertiary/aromatic N) is 5. The highest BCUT2D eigenvalue weighted by Gasteiger charge is 2.26. The average Bonchev–Trinajstić information content (AvgIpc) is 3.45. The van der Waals surface area contributed by atoms with Gasteiger partial charge in [0.05, 0.1) is 32.1 Å². The molecule has 2 amide bonds. The van der Waals surface area contributed by atoms with Crippen LogP contribution in [0.5, 0.6) is 0 Å². The summed E-state index contributed by atoms with van der Waals surface area (Å²) >= 11 is 0. The van der Waals surface area contributed by atoms with Gasteiger partial charge >= 0.3 is 0 Å². The molecule has 1 N–H and O–H groups in total. The Morgan fingerprint density at radius 1 is 1.08 bits per heavy atom. The number of aromatic nitrogens is 4. The van der Waals surface area contributed by atoms with E-state index in [1.807, 2.05) is 30.3 Å². The Morgan fingerprint density at radius 2 is 1.89 bits per heavy atom. The molecule has 0 aliphatic carbocycles. The van der Waals surface area contributed by atoms with E-state index in [0.29, 0.717) is 37.6 Å². The number of hydrogen-bond donors (Lipinski definition) is 1. The largest absolute Gasteiger partial charge is 0.381 e. The number of ether oxygens (including phenoxy) is 1. The van der Waals surface area contributed by atoms with Crippen LogP contribution in [0.2, 0.25) is 0 Å². The zero-order valence-corrected chi connectivity index (χ0v) is 20.5. The molecule has 1 aliphatic rings. The molecule has 10 nitrogen and oxygen atoms in total. The van der Waals surface area contributed by atoms with Gasteiger partial charge in [-0.25, -0.2) is 14.7 Å². The lowest BCUT2D eigenvalue weighted by Crippen LogP contribution is -2.37. The molecule has 0 saturated carbocycles. The first-order chi connectivity index (χ1) is 18.1. The lowest BCUT2D eigenvalue weighted by atomic mass is 9.99. The van der Waals surface area contributed by atoms with Crippen LogP contribution in [0.15, 0.2) is 67.1 Å². The van der Waals surface area contributed by atoms with E-state index in [4.69, 9.17) is 9.57 Å². The van der Waals surface area contributed by atoms with E-state index in [0.717, 1.165) is 29.2 Å². The number of hydroxylamine groups is 2. The molecule has 0 bridgehead atoms. The van der Waals surface area contributed by atoms with Crippen LogP contribution < -0.4 is 5.32 Å². The molecular formula is C27H28N6O4. The number of hydrogen-bond acceptors (Lipinski definition) is 7. The van der Waals surface area contributed by atoms with Crippen molar-refractivity contribution in [2.75, 3.05) is 32.2 Å². The Bertz CT molecular complexity index is 1380. The van der Waals surface area contributed by atoms with Gasteiger partial charge < -0.3 is 10.1 Å². The van der Waals surface area contributed by atoms with E-state index >= 15 is 0 Å². The molecule has 37 heavy (non-hydrogen) atoms. The lowest BCUT2D eigenvalue weighted by molar-refractivity contribution is -0.110. The Kier molecular flexibility index (Phi) is 7.48. The third kappa shape index (κ3) is 5.50. The van der Waals surface area contributed by atoms with Crippen molar-refractivity contribution < 1.29 is 19.2 Å².